The number of hydrogen-bond acceptors (Lipinski definition) is 5. The number of halogens is 1. The summed E-state index contributed by atoms with van der Waals surface area (Å²) in [6.45, 7) is 2.90. The van der Waals surface area contributed by atoms with Crippen LogP contribution in [0.2, 0.25) is 0 Å². The van der Waals surface area contributed by atoms with Crippen molar-refractivity contribution in [3.63, 3.8) is 0 Å². The molecular weight excluding hydrogens is 434 g/mol. The SMILES string of the molecule is CCOc1ccc(C(=O)NCc2ccc(-c3nc4ncccc4o3)cc2)cc1Br. The molecule has 1 N–H and O–H groups in total. The van der Waals surface area contributed by atoms with E-state index in [-0.39, 0.29) is 5.91 Å². The molecule has 0 radical (unpaired) electrons. The van der Waals surface area contributed by atoms with Crippen LogP contribution >= 0.6 is 15.9 Å². The Kier molecular flexibility index (Phi) is 5.57. The topological polar surface area (TPSA) is 77.2 Å². The summed E-state index contributed by atoms with van der Waals surface area (Å²) < 4.78 is 12.0. The Morgan fingerprint density at radius 2 is 2.00 bits per heavy atom. The lowest BCUT2D eigenvalue weighted by Crippen LogP contribution is -2.22. The van der Waals surface area contributed by atoms with E-state index >= 15 is 0 Å². The molecule has 4 rings (SSSR count). The van der Waals surface area contributed by atoms with Crippen LogP contribution in [0.25, 0.3) is 22.7 Å². The lowest BCUT2D eigenvalue weighted by Gasteiger charge is -2.09. The van der Waals surface area contributed by atoms with Crippen molar-refractivity contribution in [1.82, 2.24) is 15.3 Å². The molecule has 0 aliphatic carbocycles. The van der Waals surface area contributed by atoms with Crippen LogP contribution in [-0.2, 0) is 6.54 Å². The van der Waals surface area contributed by atoms with Gasteiger partial charge in [-0.05, 0) is 70.9 Å². The number of nitrogens with zero attached hydrogens (tertiary/aromatic N) is 2. The molecule has 6 nitrogen and oxygen atoms in total. The highest BCUT2D eigenvalue weighted by Crippen LogP contribution is 2.26. The van der Waals surface area contributed by atoms with Crippen LogP contribution in [0.15, 0.2) is 69.7 Å². The van der Waals surface area contributed by atoms with Crippen molar-refractivity contribution in [1.29, 1.82) is 0 Å². The van der Waals surface area contributed by atoms with Gasteiger partial charge in [-0.3, -0.25) is 4.79 Å². The van der Waals surface area contributed by atoms with Gasteiger partial charge in [-0.1, -0.05) is 12.1 Å². The Labute approximate surface area is 176 Å². The van der Waals surface area contributed by atoms with Crippen molar-refractivity contribution in [2.45, 2.75) is 13.5 Å². The number of aromatic nitrogens is 2. The minimum atomic E-state index is -0.150. The highest BCUT2D eigenvalue weighted by atomic mass is 79.9. The number of carbonyl (C=O) groups is 1. The highest BCUT2D eigenvalue weighted by Gasteiger charge is 2.11. The zero-order chi connectivity index (χ0) is 20.2. The molecule has 0 fully saturated rings. The first-order chi connectivity index (χ1) is 14.1. The number of carbonyl (C=O) groups excluding carboxylic acids is 1. The summed E-state index contributed by atoms with van der Waals surface area (Å²) in [6.07, 6.45) is 1.68. The van der Waals surface area contributed by atoms with E-state index in [0.717, 1.165) is 15.6 Å². The van der Waals surface area contributed by atoms with Gasteiger partial charge in [0.25, 0.3) is 5.91 Å². The van der Waals surface area contributed by atoms with E-state index in [1.807, 2.05) is 43.3 Å². The lowest BCUT2D eigenvalue weighted by atomic mass is 10.1. The molecule has 2 aromatic heterocycles. The number of benzene rings is 2. The zero-order valence-corrected chi connectivity index (χ0v) is 17.3. The van der Waals surface area contributed by atoms with Crippen LogP contribution in [-0.4, -0.2) is 22.5 Å². The van der Waals surface area contributed by atoms with Gasteiger partial charge in [0.1, 0.15) is 5.75 Å². The maximum absolute atomic E-state index is 12.4. The van der Waals surface area contributed by atoms with E-state index in [1.165, 1.54) is 0 Å². The molecule has 7 heteroatoms. The highest BCUT2D eigenvalue weighted by molar-refractivity contribution is 9.10. The maximum atomic E-state index is 12.4. The molecule has 0 bridgehead atoms. The van der Waals surface area contributed by atoms with E-state index < -0.39 is 0 Å². The summed E-state index contributed by atoms with van der Waals surface area (Å²) in [7, 11) is 0. The van der Waals surface area contributed by atoms with Gasteiger partial charge in [0.2, 0.25) is 5.89 Å². The number of nitrogens with one attached hydrogen (secondary N) is 1. The lowest BCUT2D eigenvalue weighted by molar-refractivity contribution is 0.0951. The first-order valence-corrected chi connectivity index (χ1v) is 9.95. The van der Waals surface area contributed by atoms with Crippen LogP contribution < -0.4 is 10.1 Å². The summed E-state index contributed by atoms with van der Waals surface area (Å²) >= 11 is 3.43. The minimum absolute atomic E-state index is 0.150. The molecule has 2 aromatic carbocycles. The van der Waals surface area contributed by atoms with Gasteiger partial charge in [0.05, 0.1) is 11.1 Å². The molecule has 0 saturated heterocycles. The molecule has 0 saturated carbocycles. The largest absolute Gasteiger partial charge is 0.493 e. The smallest absolute Gasteiger partial charge is 0.251 e. The summed E-state index contributed by atoms with van der Waals surface area (Å²) in [5.74, 6) is 1.09. The Bertz CT molecular complexity index is 1120. The predicted octanol–water partition coefficient (Wildman–Crippen LogP) is 4.98. The summed E-state index contributed by atoms with van der Waals surface area (Å²) in [6, 6.07) is 16.6. The van der Waals surface area contributed by atoms with Gasteiger partial charge in [0.15, 0.2) is 11.2 Å². The molecule has 4 aromatic rings. The molecule has 1 amide bonds. The second-order valence-electron chi connectivity index (χ2n) is 6.30. The van der Waals surface area contributed by atoms with Gasteiger partial charge >= 0.3 is 0 Å². The Morgan fingerprint density at radius 1 is 1.17 bits per heavy atom. The Hall–Kier alpha value is -3.19. The number of pyridine rings is 1. The third-order valence-corrected chi connectivity index (χ3v) is 4.93. The Morgan fingerprint density at radius 3 is 2.72 bits per heavy atom. The van der Waals surface area contributed by atoms with Crippen molar-refractivity contribution in [2.24, 2.45) is 0 Å². The fourth-order valence-corrected chi connectivity index (χ4v) is 3.35. The van der Waals surface area contributed by atoms with Gasteiger partial charge in [0, 0.05) is 23.9 Å². The zero-order valence-electron chi connectivity index (χ0n) is 15.7. The first kappa shape index (κ1) is 19.1. The number of hydrogen-bond donors (Lipinski definition) is 1. The van der Waals surface area contributed by atoms with Crippen molar-refractivity contribution in [3.8, 4) is 17.2 Å². The molecule has 2 heterocycles. The monoisotopic (exact) mass is 451 g/mol. The molecule has 0 unspecified atom stereocenters. The summed E-state index contributed by atoms with van der Waals surface area (Å²) in [4.78, 5) is 21.0. The van der Waals surface area contributed by atoms with Gasteiger partial charge in [-0.25, -0.2) is 4.98 Å². The normalized spacial score (nSPS) is 10.8. The van der Waals surface area contributed by atoms with E-state index in [1.54, 1.807) is 24.4 Å². The fourth-order valence-electron chi connectivity index (χ4n) is 2.86. The van der Waals surface area contributed by atoms with E-state index in [2.05, 4.69) is 31.2 Å². The van der Waals surface area contributed by atoms with Gasteiger partial charge in [-0.2, -0.15) is 4.98 Å². The molecule has 0 aliphatic rings. The molecule has 29 heavy (non-hydrogen) atoms. The average molecular weight is 452 g/mol. The van der Waals surface area contributed by atoms with Gasteiger partial charge < -0.3 is 14.5 Å². The number of oxazole rings is 1. The number of rotatable bonds is 6. The minimum Gasteiger partial charge on any atom is -0.493 e. The molecular formula is C22H18BrN3O3. The van der Waals surface area contributed by atoms with E-state index in [9.17, 15) is 4.79 Å². The third kappa shape index (κ3) is 4.30. The quantitative estimate of drug-likeness (QED) is 0.447. The van der Waals surface area contributed by atoms with Crippen molar-refractivity contribution >= 4 is 33.1 Å². The number of ether oxygens (including phenoxy) is 1. The van der Waals surface area contributed by atoms with Crippen LogP contribution in [0.5, 0.6) is 5.75 Å². The fraction of sp³-hybridized carbons (Fsp3) is 0.136. The van der Waals surface area contributed by atoms with E-state index in [0.29, 0.717) is 41.6 Å². The van der Waals surface area contributed by atoms with Crippen molar-refractivity contribution < 1.29 is 13.9 Å². The first-order valence-electron chi connectivity index (χ1n) is 9.15. The maximum Gasteiger partial charge on any atom is 0.251 e. The molecule has 0 atom stereocenters. The average Bonchev–Trinajstić information content (AvgIpc) is 3.18. The molecule has 0 aliphatic heterocycles. The third-order valence-electron chi connectivity index (χ3n) is 4.31. The molecule has 0 spiro atoms. The standard InChI is InChI=1S/C22H18BrN3O3/c1-2-28-18-10-9-16(12-17(18)23)21(27)25-13-14-5-7-15(8-6-14)22-26-20-19(29-22)4-3-11-24-20/h3-12H,2,13H2,1H3,(H,25,27). The van der Waals surface area contributed by atoms with Crippen molar-refractivity contribution in [3.05, 3.63) is 76.4 Å². The predicted molar refractivity (Wildman–Crippen MR) is 114 cm³/mol. The van der Waals surface area contributed by atoms with Crippen LogP contribution in [0.4, 0.5) is 0 Å². The second kappa shape index (κ2) is 8.45. The summed E-state index contributed by atoms with van der Waals surface area (Å²) in [5.41, 5.74) is 3.63. The van der Waals surface area contributed by atoms with Crippen molar-refractivity contribution in [2.75, 3.05) is 6.61 Å². The number of amides is 1. The van der Waals surface area contributed by atoms with Crippen LogP contribution in [0.3, 0.4) is 0 Å². The van der Waals surface area contributed by atoms with E-state index in [4.69, 9.17) is 9.15 Å². The summed E-state index contributed by atoms with van der Waals surface area (Å²) in [5, 5.41) is 2.93. The molecule has 146 valence electrons. The van der Waals surface area contributed by atoms with Crippen LogP contribution in [0, 0.1) is 0 Å². The van der Waals surface area contributed by atoms with Gasteiger partial charge in [-0.15, -0.1) is 0 Å². The van der Waals surface area contributed by atoms with Crippen LogP contribution in [0.1, 0.15) is 22.8 Å². The number of fused-ring (bicyclic) bond motifs is 1. The Balaban J connectivity index is 1.41. The second-order valence-corrected chi connectivity index (χ2v) is 7.16.